The van der Waals surface area contributed by atoms with Crippen LogP contribution in [-0.4, -0.2) is 95.7 Å². The molecule has 1 heterocycles. The number of benzene rings is 2. The normalized spacial score (nSPS) is 11.2. The smallest absolute Gasteiger partial charge is 0.337 e. The molecule has 3 rings (SSSR count). The van der Waals surface area contributed by atoms with E-state index in [1.807, 2.05) is 48.7 Å². The average molecular weight is 609 g/mol. The SMILES string of the molecule is COC(=O)c1ccc2ccn(Cc3ccc(OCCOCCOCCOCCOCCOCCBr)cc3)c2c1. The maximum Gasteiger partial charge on any atom is 0.337 e. The number of aromatic nitrogens is 1. The van der Waals surface area contributed by atoms with Crippen LogP contribution in [0.2, 0.25) is 0 Å². The molecule has 9 nitrogen and oxygen atoms in total. The molecule has 0 spiro atoms. The second-order valence-electron chi connectivity index (χ2n) is 8.45. The van der Waals surface area contributed by atoms with Crippen molar-refractivity contribution in [1.82, 2.24) is 4.57 Å². The van der Waals surface area contributed by atoms with Gasteiger partial charge in [0, 0.05) is 23.6 Å². The fraction of sp³-hybridized carbons (Fsp3) is 0.483. The van der Waals surface area contributed by atoms with Crippen molar-refractivity contribution < 1.29 is 38.0 Å². The van der Waals surface area contributed by atoms with Gasteiger partial charge in [-0.1, -0.05) is 34.1 Å². The van der Waals surface area contributed by atoms with E-state index in [4.69, 9.17) is 33.2 Å². The molecule has 0 aliphatic heterocycles. The summed E-state index contributed by atoms with van der Waals surface area (Å²) >= 11 is 3.30. The first-order chi connectivity index (χ1) is 19.2. The molecular formula is C29H38BrNO8. The summed E-state index contributed by atoms with van der Waals surface area (Å²) in [4.78, 5) is 11.9. The molecule has 0 bridgehead atoms. The van der Waals surface area contributed by atoms with Gasteiger partial charge in [0.1, 0.15) is 12.4 Å². The van der Waals surface area contributed by atoms with Crippen molar-refractivity contribution in [2.75, 3.05) is 85.1 Å². The summed E-state index contributed by atoms with van der Waals surface area (Å²) in [5.74, 6) is 0.449. The summed E-state index contributed by atoms with van der Waals surface area (Å²) in [6, 6.07) is 15.6. The van der Waals surface area contributed by atoms with Gasteiger partial charge < -0.3 is 37.7 Å². The second-order valence-corrected chi connectivity index (χ2v) is 9.25. The first-order valence-corrected chi connectivity index (χ1v) is 14.2. The van der Waals surface area contributed by atoms with Gasteiger partial charge in [-0.05, 0) is 41.3 Å². The fourth-order valence-electron chi connectivity index (χ4n) is 3.71. The van der Waals surface area contributed by atoms with Crippen LogP contribution in [0, 0.1) is 0 Å². The number of nitrogens with zero attached hydrogens (tertiary/aromatic N) is 1. The summed E-state index contributed by atoms with van der Waals surface area (Å²) in [5, 5.41) is 1.91. The zero-order valence-corrected chi connectivity index (χ0v) is 24.1. The molecule has 1 aromatic heterocycles. The fourth-order valence-corrected chi connectivity index (χ4v) is 3.94. The monoisotopic (exact) mass is 607 g/mol. The molecule has 0 N–H and O–H groups in total. The summed E-state index contributed by atoms with van der Waals surface area (Å²) in [7, 11) is 1.39. The Morgan fingerprint density at radius 1 is 0.718 bits per heavy atom. The van der Waals surface area contributed by atoms with Crippen LogP contribution in [0.15, 0.2) is 54.7 Å². The molecule has 214 valence electrons. The molecule has 3 aromatic rings. The molecule has 0 aliphatic carbocycles. The van der Waals surface area contributed by atoms with Crippen molar-refractivity contribution in [3.63, 3.8) is 0 Å². The molecule has 39 heavy (non-hydrogen) atoms. The van der Waals surface area contributed by atoms with Gasteiger partial charge in [0.15, 0.2) is 0 Å². The molecule has 2 aromatic carbocycles. The third-order valence-electron chi connectivity index (χ3n) is 5.68. The molecule has 0 saturated carbocycles. The number of alkyl halides is 1. The zero-order valence-electron chi connectivity index (χ0n) is 22.5. The molecular weight excluding hydrogens is 570 g/mol. The van der Waals surface area contributed by atoms with E-state index in [2.05, 4.69) is 20.5 Å². The molecule has 0 unspecified atom stereocenters. The van der Waals surface area contributed by atoms with E-state index in [-0.39, 0.29) is 5.97 Å². The zero-order chi connectivity index (χ0) is 27.5. The van der Waals surface area contributed by atoms with Gasteiger partial charge in [0.25, 0.3) is 0 Å². The number of halogens is 1. The predicted octanol–water partition coefficient (Wildman–Crippen LogP) is 4.33. The van der Waals surface area contributed by atoms with Crippen LogP contribution in [-0.2, 0) is 35.0 Å². The quantitative estimate of drug-likeness (QED) is 0.100. The number of ether oxygens (including phenoxy) is 7. The summed E-state index contributed by atoms with van der Waals surface area (Å²) < 4.78 is 39.9. The molecule has 0 aliphatic rings. The van der Waals surface area contributed by atoms with Crippen LogP contribution in [0.1, 0.15) is 15.9 Å². The Hall–Kier alpha value is -2.47. The van der Waals surface area contributed by atoms with Gasteiger partial charge in [-0.3, -0.25) is 0 Å². The highest BCUT2D eigenvalue weighted by atomic mass is 79.9. The van der Waals surface area contributed by atoms with E-state index < -0.39 is 0 Å². The number of rotatable bonds is 21. The number of hydrogen-bond acceptors (Lipinski definition) is 8. The molecule has 10 heteroatoms. The van der Waals surface area contributed by atoms with Crippen molar-refractivity contribution in [2.45, 2.75) is 6.54 Å². The summed E-state index contributed by atoms with van der Waals surface area (Å²) in [5.41, 5.74) is 2.65. The van der Waals surface area contributed by atoms with E-state index in [0.717, 1.165) is 27.5 Å². The van der Waals surface area contributed by atoms with Crippen LogP contribution in [0.5, 0.6) is 5.75 Å². The molecule has 0 saturated heterocycles. The van der Waals surface area contributed by atoms with Gasteiger partial charge in [-0.2, -0.15) is 0 Å². The van der Waals surface area contributed by atoms with Crippen LogP contribution in [0.25, 0.3) is 10.9 Å². The molecule has 0 radical (unpaired) electrons. The highest BCUT2D eigenvalue weighted by Crippen LogP contribution is 2.20. The van der Waals surface area contributed by atoms with Crippen molar-refractivity contribution >= 4 is 32.8 Å². The maximum absolute atomic E-state index is 11.9. The number of hydrogen-bond donors (Lipinski definition) is 0. The topological polar surface area (TPSA) is 86.6 Å². The molecule has 0 atom stereocenters. The van der Waals surface area contributed by atoms with Gasteiger partial charge in [-0.15, -0.1) is 0 Å². The third-order valence-corrected chi connectivity index (χ3v) is 6.00. The first-order valence-electron chi connectivity index (χ1n) is 13.0. The standard InChI is InChI=1S/C29H38BrNO8/c1-33-29(32)26-5-4-25-8-10-31(28(25)22-26)23-24-2-6-27(7-3-24)39-21-20-38-19-18-37-17-16-36-15-14-35-13-12-34-11-9-30/h2-8,10,22H,9,11-21,23H2,1H3. The van der Waals surface area contributed by atoms with E-state index in [9.17, 15) is 4.79 Å². The number of carbonyl (C=O) groups is 1. The lowest BCUT2D eigenvalue weighted by molar-refractivity contribution is -0.0118. The van der Waals surface area contributed by atoms with E-state index in [0.29, 0.717) is 84.8 Å². The van der Waals surface area contributed by atoms with E-state index in [1.165, 1.54) is 7.11 Å². The molecule has 0 amide bonds. The summed E-state index contributed by atoms with van der Waals surface area (Å²) in [6.07, 6.45) is 2.02. The minimum absolute atomic E-state index is 0.339. The maximum atomic E-state index is 11.9. The average Bonchev–Trinajstić information content (AvgIpc) is 3.36. The van der Waals surface area contributed by atoms with Crippen molar-refractivity contribution in [3.05, 3.63) is 65.9 Å². The molecule has 0 fully saturated rings. The Balaban J connectivity index is 1.21. The largest absolute Gasteiger partial charge is 0.491 e. The van der Waals surface area contributed by atoms with E-state index >= 15 is 0 Å². The first kappa shape index (κ1) is 31.1. The second kappa shape index (κ2) is 18.8. The number of esters is 1. The Morgan fingerprint density at radius 2 is 1.28 bits per heavy atom. The van der Waals surface area contributed by atoms with Crippen LogP contribution in [0.4, 0.5) is 0 Å². The van der Waals surface area contributed by atoms with Gasteiger partial charge in [0.2, 0.25) is 0 Å². The summed E-state index contributed by atoms with van der Waals surface area (Å²) in [6.45, 7) is 6.64. The van der Waals surface area contributed by atoms with Crippen LogP contribution < -0.4 is 4.74 Å². The number of carbonyl (C=O) groups excluding carboxylic acids is 1. The van der Waals surface area contributed by atoms with E-state index in [1.54, 1.807) is 6.07 Å². The van der Waals surface area contributed by atoms with Gasteiger partial charge in [0.05, 0.1) is 78.7 Å². The lowest BCUT2D eigenvalue weighted by Crippen LogP contribution is -2.14. The van der Waals surface area contributed by atoms with Crippen LogP contribution in [0.3, 0.4) is 0 Å². The van der Waals surface area contributed by atoms with Crippen molar-refractivity contribution in [1.29, 1.82) is 0 Å². The minimum Gasteiger partial charge on any atom is -0.491 e. The Kier molecular flexibility index (Phi) is 14.9. The Labute approximate surface area is 238 Å². The van der Waals surface area contributed by atoms with Gasteiger partial charge >= 0.3 is 5.97 Å². The van der Waals surface area contributed by atoms with Crippen molar-refractivity contribution in [2.24, 2.45) is 0 Å². The number of fused-ring (bicyclic) bond motifs is 1. The Morgan fingerprint density at radius 3 is 1.85 bits per heavy atom. The highest BCUT2D eigenvalue weighted by molar-refractivity contribution is 9.09. The third kappa shape index (κ3) is 11.7. The number of methoxy groups -OCH3 is 1. The highest BCUT2D eigenvalue weighted by Gasteiger charge is 2.09. The van der Waals surface area contributed by atoms with Crippen molar-refractivity contribution in [3.8, 4) is 5.75 Å². The lowest BCUT2D eigenvalue weighted by Gasteiger charge is -2.10. The minimum atomic E-state index is -0.339. The predicted molar refractivity (Wildman–Crippen MR) is 152 cm³/mol. The Bertz CT molecular complexity index is 1090. The van der Waals surface area contributed by atoms with Gasteiger partial charge in [-0.25, -0.2) is 4.79 Å². The lowest BCUT2D eigenvalue weighted by atomic mass is 10.1. The van der Waals surface area contributed by atoms with Crippen LogP contribution >= 0.6 is 15.9 Å².